The Bertz CT molecular complexity index is 942. The number of anilines is 2. The minimum absolute atomic E-state index is 0.0356. The number of benzene rings is 2. The summed E-state index contributed by atoms with van der Waals surface area (Å²) in [6, 6.07) is 15.4. The van der Waals surface area contributed by atoms with E-state index in [1.165, 1.54) is 0 Å². The van der Waals surface area contributed by atoms with Crippen LogP contribution in [0.5, 0.6) is 0 Å². The Morgan fingerprint density at radius 2 is 1.60 bits per heavy atom. The van der Waals surface area contributed by atoms with Crippen molar-refractivity contribution in [3.05, 3.63) is 54.1 Å². The number of carbonyl (C=O) groups is 1. The summed E-state index contributed by atoms with van der Waals surface area (Å²) in [5, 5.41) is 0. The third-order valence-electron chi connectivity index (χ3n) is 4.39. The first-order valence-corrected chi connectivity index (χ1v) is 9.33. The van der Waals surface area contributed by atoms with Crippen LogP contribution in [-0.2, 0) is 0 Å². The largest absolute Gasteiger partial charge is 0.355 e. The molecule has 1 aliphatic heterocycles. The molecule has 0 radical (unpaired) electrons. The van der Waals surface area contributed by atoms with Crippen molar-refractivity contribution < 1.29 is 4.79 Å². The van der Waals surface area contributed by atoms with Crippen molar-refractivity contribution in [1.29, 1.82) is 0 Å². The van der Waals surface area contributed by atoms with E-state index in [-0.39, 0.29) is 5.91 Å². The average molecular weight is 350 g/mol. The van der Waals surface area contributed by atoms with Crippen molar-refractivity contribution in [2.75, 3.05) is 36.2 Å². The maximum absolute atomic E-state index is 13.0. The molecule has 0 aliphatic carbocycles. The summed E-state index contributed by atoms with van der Waals surface area (Å²) in [7, 11) is 1.98. The highest BCUT2D eigenvalue weighted by molar-refractivity contribution is 7.98. The van der Waals surface area contributed by atoms with Crippen LogP contribution >= 0.6 is 11.8 Å². The van der Waals surface area contributed by atoms with Gasteiger partial charge in [-0.3, -0.25) is 9.69 Å². The minimum atomic E-state index is -0.0356. The maximum Gasteiger partial charge on any atom is 0.259 e. The van der Waals surface area contributed by atoms with Crippen molar-refractivity contribution in [2.24, 2.45) is 0 Å². The summed E-state index contributed by atoms with van der Waals surface area (Å²) in [6.07, 6.45) is 2.02. The highest BCUT2D eigenvalue weighted by atomic mass is 32.2. The lowest BCUT2D eigenvalue weighted by Gasteiger charge is -2.33. The fourth-order valence-corrected chi connectivity index (χ4v) is 3.38. The van der Waals surface area contributed by atoms with Gasteiger partial charge in [-0.2, -0.15) is 0 Å². The van der Waals surface area contributed by atoms with E-state index in [0.29, 0.717) is 17.9 Å². The fraction of sp³-hybridized carbons (Fsp3) is 0.211. The molecular formula is C19H18N4OS. The number of aromatic nitrogens is 2. The summed E-state index contributed by atoms with van der Waals surface area (Å²) in [5.41, 5.74) is 2.31. The highest BCUT2D eigenvalue weighted by Crippen LogP contribution is 2.31. The van der Waals surface area contributed by atoms with Gasteiger partial charge in [0.1, 0.15) is 0 Å². The fourth-order valence-electron chi connectivity index (χ4n) is 2.97. The Kier molecular flexibility index (Phi) is 4.05. The number of thioether (sulfide) groups is 1. The van der Waals surface area contributed by atoms with Crippen LogP contribution in [0.3, 0.4) is 0 Å². The molecule has 0 atom stereocenters. The summed E-state index contributed by atoms with van der Waals surface area (Å²) in [5.74, 6) is 1.34. The Balaban J connectivity index is 1.77. The predicted octanol–water partition coefficient (Wildman–Crippen LogP) is 3.45. The van der Waals surface area contributed by atoms with Crippen molar-refractivity contribution in [1.82, 2.24) is 9.97 Å². The van der Waals surface area contributed by atoms with Crippen LogP contribution < -0.4 is 9.80 Å². The number of rotatable bonds is 2. The number of hydrogen-bond donors (Lipinski definition) is 0. The molecular weight excluding hydrogens is 332 g/mol. The molecule has 0 N–H and O–H groups in total. The highest BCUT2D eigenvalue weighted by Gasteiger charge is 2.29. The quantitative estimate of drug-likeness (QED) is 0.663. The van der Waals surface area contributed by atoms with E-state index in [0.717, 1.165) is 28.3 Å². The van der Waals surface area contributed by atoms with E-state index >= 15 is 0 Å². The second-order valence-electron chi connectivity index (χ2n) is 5.97. The number of hydrogen-bond acceptors (Lipinski definition) is 5. The molecule has 3 aromatic rings. The molecule has 0 spiro atoms. The summed E-state index contributed by atoms with van der Waals surface area (Å²) < 4.78 is 0. The molecule has 4 rings (SSSR count). The number of nitrogens with zero attached hydrogens (tertiary/aromatic N) is 4. The lowest BCUT2D eigenvalue weighted by atomic mass is 10.2. The third-order valence-corrected chi connectivity index (χ3v) is 5.14. The van der Waals surface area contributed by atoms with E-state index < -0.39 is 0 Å². The van der Waals surface area contributed by atoms with Gasteiger partial charge in [0.2, 0.25) is 0 Å². The predicted molar refractivity (Wildman–Crippen MR) is 103 cm³/mol. The van der Waals surface area contributed by atoms with Gasteiger partial charge in [-0.15, -0.1) is 11.8 Å². The molecule has 0 saturated carbocycles. The molecule has 0 bridgehead atoms. The van der Waals surface area contributed by atoms with Gasteiger partial charge >= 0.3 is 0 Å². The number of likely N-dealkylation sites (N-methyl/N-ethyl adjacent to an activating group) is 1. The zero-order chi connectivity index (χ0) is 17.4. The molecule has 1 aromatic heterocycles. The monoisotopic (exact) mass is 350 g/mol. The van der Waals surface area contributed by atoms with Crippen molar-refractivity contribution in [3.63, 3.8) is 0 Å². The molecule has 0 saturated heterocycles. The minimum Gasteiger partial charge on any atom is -0.355 e. The van der Waals surface area contributed by atoms with Crippen LogP contribution in [0.15, 0.2) is 53.4 Å². The SMILES string of the molecule is CSc1ccc(C(=O)N2CCN(C)c3nc4ccccc4nc32)cc1. The molecule has 1 amide bonds. The zero-order valence-electron chi connectivity index (χ0n) is 14.1. The molecule has 2 heterocycles. The van der Waals surface area contributed by atoms with Crippen molar-refractivity contribution >= 4 is 40.3 Å². The zero-order valence-corrected chi connectivity index (χ0v) is 15.0. The van der Waals surface area contributed by atoms with Gasteiger partial charge in [-0.25, -0.2) is 9.97 Å². The van der Waals surface area contributed by atoms with Gasteiger partial charge in [0, 0.05) is 30.6 Å². The van der Waals surface area contributed by atoms with Crippen LogP contribution in [0, 0.1) is 0 Å². The molecule has 6 heteroatoms. The maximum atomic E-state index is 13.0. The van der Waals surface area contributed by atoms with E-state index in [1.54, 1.807) is 16.7 Å². The normalized spacial score (nSPS) is 13.8. The van der Waals surface area contributed by atoms with Gasteiger partial charge < -0.3 is 4.90 Å². The molecule has 1 aliphatic rings. The van der Waals surface area contributed by atoms with Gasteiger partial charge in [-0.05, 0) is 42.7 Å². The number of para-hydroxylation sites is 2. The molecule has 0 unspecified atom stereocenters. The van der Waals surface area contributed by atoms with E-state index in [9.17, 15) is 4.79 Å². The van der Waals surface area contributed by atoms with Gasteiger partial charge in [-0.1, -0.05) is 12.1 Å². The Hall–Kier alpha value is -2.60. The first-order chi connectivity index (χ1) is 12.2. The topological polar surface area (TPSA) is 49.3 Å². The van der Waals surface area contributed by atoms with Crippen LogP contribution in [0.4, 0.5) is 11.6 Å². The lowest BCUT2D eigenvalue weighted by Crippen LogP contribution is -2.43. The van der Waals surface area contributed by atoms with Crippen molar-refractivity contribution in [2.45, 2.75) is 4.90 Å². The lowest BCUT2D eigenvalue weighted by molar-refractivity contribution is 0.0986. The smallest absolute Gasteiger partial charge is 0.259 e. The van der Waals surface area contributed by atoms with E-state index in [4.69, 9.17) is 9.97 Å². The standard InChI is InChI=1S/C19H18N4OS/c1-22-11-12-23(19(24)13-7-9-14(25-2)10-8-13)18-17(22)20-15-5-3-4-6-16(15)21-18/h3-10H,11-12H2,1-2H3. The summed E-state index contributed by atoms with van der Waals surface area (Å²) in [4.78, 5) is 27.4. The van der Waals surface area contributed by atoms with Crippen molar-refractivity contribution in [3.8, 4) is 0 Å². The second-order valence-corrected chi connectivity index (χ2v) is 6.85. The molecule has 126 valence electrons. The van der Waals surface area contributed by atoms with Gasteiger partial charge in [0.05, 0.1) is 11.0 Å². The van der Waals surface area contributed by atoms with E-state index in [2.05, 4.69) is 4.90 Å². The molecule has 2 aromatic carbocycles. The molecule has 5 nitrogen and oxygen atoms in total. The first kappa shape index (κ1) is 15.9. The summed E-state index contributed by atoms with van der Waals surface area (Å²) in [6.45, 7) is 1.33. The van der Waals surface area contributed by atoms with E-state index in [1.807, 2.05) is 61.8 Å². The van der Waals surface area contributed by atoms with Crippen LogP contribution in [0.25, 0.3) is 11.0 Å². The Morgan fingerprint density at radius 1 is 0.960 bits per heavy atom. The molecule has 25 heavy (non-hydrogen) atoms. The average Bonchev–Trinajstić information content (AvgIpc) is 2.67. The third kappa shape index (κ3) is 2.82. The summed E-state index contributed by atoms with van der Waals surface area (Å²) >= 11 is 1.66. The number of amides is 1. The molecule has 0 fully saturated rings. The van der Waals surface area contributed by atoms with Gasteiger partial charge in [0.15, 0.2) is 11.6 Å². The first-order valence-electron chi connectivity index (χ1n) is 8.11. The Morgan fingerprint density at radius 3 is 2.24 bits per heavy atom. The number of fused-ring (bicyclic) bond motifs is 2. The number of carbonyl (C=O) groups excluding carboxylic acids is 1. The van der Waals surface area contributed by atoms with Crippen LogP contribution in [0.2, 0.25) is 0 Å². The second kappa shape index (κ2) is 6.37. The Labute approximate surface area is 150 Å². The van der Waals surface area contributed by atoms with Gasteiger partial charge in [0.25, 0.3) is 5.91 Å². The van der Waals surface area contributed by atoms with Crippen LogP contribution in [0.1, 0.15) is 10.4 Å². The van der Waals surface area contributed by atoms with Crippen LogP contribution in [-0.4, -0.2) is 42.3 Å².